The standard InChI is InChI=1S/C21H14F5N3O2/c22-16-3-1-13(19(30)29-14-2-4-17(23)18(24)10-14)9-15(16)21(25,26)20(31)28-11-12-5-7-27-8-6-12/h1-10H,11H2,(H,28,31)(H,29,30). The summed E-state index contributed by atoms with van der Waals surface area (Å²) < 4.78 is 69.5. The first-order chi connectivity index (χ1) is 14.7. The summed E-state index contributed by atoms with van der Waals surface area (Å²) >= 11 is 0. The summed E-state index contributed by atoms with van der Waals surface area (Å²) in [6.45, 7) is -0.241. The Morgan fingerprint density at radius 2 is 1.55 bits per heavy atom. The number of nitrogens with one attached hydrogen (secondary N) is 2. The smallest absolute Gasteiger partial charge is 0.346 e. The van der Waals surface area contributed by atoms with E-state index in [0.29, 0.717) is 23.8 Å². The number of amides is 2. The van der Waals surface area contributed by atoms with E-state index in [1.807, 2.05) is 5.32 Å². The van der Waals surface area contributed by atoms with E-state index >= 15 is 0 Å². The van der Waals surface area contributed by atoms with Gasteiger partial charge in [0.2, 0.25) is 0 Å². The van der Waals surface area contributed by atoms with Crippen LogP contribution in [0.15, 0.2) is 60.9 Å². The van der Waals surface area contributed by atoms with Gasteiger partial charge in [0, 0.05) is 36.3 Å². The van der Waals surface area contributed by atoms with Crippen molar-refractivity contribution in [1.29, 1.82) is 0 Å². The van der Waals surface area contributed by atoms with Crippen molar-refractivity contribution in [2.45, 2.75) is 12.5 Å². The van der Waals surface area contributed by atoms with Crippen molar-refractivity contribution in [2.24, 2.45) is 0 Å². The molecular weight excluding hydrogens is 421 g/mol. The van der Waals surface area contributed by atoms with Crippen molar-refractivity contribution in [3.8, 4) is 0 Å². The Labute approximate surface area is 172 Å². The molecule has 0 fully saturated rings. The number of hydrogen-bond donors (Lipinski definition) is 2. The summed E-state index contributed by atoms with van der Waals surface area (Å²) in [5.41, 5.74) is -1.36. The van der Waals surface area contributed by atoms with Crippen LogP contribution in [0.1, 0.15) is 21.5 Å². The molecule has 2 amide bonds. The molecule has 3 rings (SSSR count). The first kappa shape index (κ1) is 21.9. The minimum Gasteiger partial charge on any atom is -0.346 e. The van der Waals surface area contributed by atoms with Crippen molar-refractivity contribution in [2.75, 3.05) is 5.32 Å². The van der Waals surface area contributed by atoms with Gasteiger partial charge in [-0.3, -0.25) is 14.6 Å². The molecule has 10 heteroatoms. The Hall–Kier alpha value is -3.82. The molecule has 0 aliphatic heterocycles. The molecule has 0 saturated heterocycles. The molecule has 2 N–H and O–H groups in total. The lowest BCUT2D eigenvalue weighted by molar-refractivity contribution is -0.147. The van der Waals surface area contributed by atoms with Crippen LogP contribution < -0.4 is 10.6 Å². The van der Waals surface area contributed by atoms with Gasteiger partial charge in [-0.25, -0.2) is 13.2 Å². The quantitative estimate of drug-likeness (QED) is 0.572. The second kappa shape index (κ2) is 8.90. The Morgan fingerprint density at radius 3 is 2.23 bits per heavy atom. The number of halogens is 5. The van der Waals surface area contributed by atoms with Crippen LogP contribution in [0.5, 0.6) is 0 Å². The van der Waals surface area contributed by atoms with Crippen molar-refractivity contribution >= 4 is 17.5 Å². The number of rotatable bonds is 6. The van der Waals surface area contributed by atoms with Crippen molar-refractivity contribution in [3.05, 3.63) is 95.1 Å². The average molecular weight is 435 g/mol. The molecular formula is C21H14F5N3O2. The lowest BCUT2D eigenvalue weighted by Crippen LogP contribution is -2.38. The molecule has 1 aromatic heterocycles. The SMILES string of the molecule is O=C(Nc1ccc(F)c(F)c1)c1ccc(F)c(C(F)(F)C(=O)NCc2ccncc2)c1. The summed E-state index contributed by atoms with van der Waals surface area (Å²) in [6.07, 6.45) is 2.82. The van der Waals surface area contributed by atoms with Crippen LogP contribution in [0.4, 0.5) is 27.6 Å². The summed E-state index contributed by atoms with van der Waals surface area (Å²) in [5, 5.41) is 4.18. The van der Waals surface area contributed by atoms with Crippen LogP contribution in [-0.4, -0.2) is 16.8 Å². The van der Waals surface area contributed by atoms with Gasteiger partial charge >= 0.3 is 5.92 Å². The highest BCUT2D eigenvalue weighted by molar-refractivity contribution is 6.04. The molecule has 1 heterocycles. The molecule has 0 aliphatic rings. The number of nitrogens with zero attached hydrogens (tertiary/aromatic N) is 1. The molecule has 0 unspecified atom stereocenters. The molecule has 0 saturated carbocycles. The van der Waals surface area contributed by atoms with Crippen LogP contribution in [0.2, 0.25) is 0 Å². The van der Waals surface area contributed by atoms with Gasteiger partial charge in [-0.1, -0.05) is 0 Å². The Morgan fingerprint density at radius 1 is 0.871 bits per heavy atom. The Balaban J connectivity index is 1.79. The van der Waals surface area contributed by atoms with Crippen LogP contribution in [0.3, 0.4) is 0 Å². The van der Waals surface area contributed by atoms with E-state index in [9.17, 15) is 31.5 Å². The van der Waals surface area contributed by atoms with Crippen LogP contribution in [0, 0.1) is 17.5 Å². The third kappa shape index (κ3) is 5.03. The number of aromatic nitrogens is 1. The minimum absolute atomic E-state index is 0.142. The van der Waals surface area contributed by atoms with E-state index in [0.717, 1.165) is 18.2 Å². The number of alkyl halides is 2. The third-order valence-corrected chi connectivity index (χ3v) is 4.23. The fraction of sp³-hybridized carbons (Fsp3) is 0.0952. The van der Waals surface area contributed by atoms with Crippen molar-refractivity contribution in [1.82, 2.24) is 10.3 Å². The predicted octanol–water partition coefficient (Wildman–Crippen LogP) is 4.16. The normalized spacial score (nSPS) is 11.1. The van der Waals surface area contributed by atoms with E-state index in [1.54, 1.807) is 0 Å². The second-order valence-electron chi connectivity index (χ2n) is 6.39. The molecule has 2 aromatic carbocycles. The van der Waals surface area contributed by atoms with Gasteiger partial charge in [-0.05, 0) is 48.0 Å². The molecule has 160 valence electrons. The third-order valence-electron chi connectivity index (χ3n) is 4.23. The van der Waals surface area contributed by atoms with Gasteiger partial charge in [-0.15, -0.1) is 0 Å². The lowest BCUT2D eigenvalue weighted by atomic mass is 10.0. The maximum atomic E-state index is 14.6. The first-order valence-corrected chi connectivity index (χ1v) is 8.80. The number of anilines is 1. The number of pyridine rings is 1. The lowest BCUT2D eigenvalue weighted by Gasteiger charge is -2.18. The highest BCUT2D eigenvalue weighted by Gasteiger charge is 2.43. The maximum absolute atomic E-state index is 14.6. The molecule has 0 aliphatic carbocycles. The highest BCUT2D eigenvalue weighted by Crippen LogP contribution is 2.31. The fourth-order valence-electron chi connectivity index (χ4n) is 2.60. The van der Waals surface area contributed by atoms with Gasteiger partial charge in [-0.2, -0.15) is 8.78 Å². The zero-order valence-corrected chi connectivity index (χ0v) is 15.6. The van der Waals surface area contributed by atoms with E-state index in [-0.39, 0.29) is 12.2 Å². The van der Waals surface area contributed by atoms with E-state index < -0.39 is 46.3 Å². The second-order valence-corrected chi connectivity index (χ2v) is 6.39. The number of carbonyl (C=O) groups excluding carboxylic acids is 2. The van der Waals surface area contributed by atoms with Gasteiger partial charge in [0.25, 0.3) is 11.8 Å². The van der Waals surface area contributed by atoms with E-state index in [4.69, 9.17) is 0 Å². The van der Waals surface area contributed by atoms with Crippen LogP contribution in [0.25, 0.3) is 0 Å². The first-order valence-electron chi connectivity index (χ1n) is 8.80. The molecule has 0 radical (unpaired) electrons. The monoisotopic (exact) mass is 435 g/mol. The maximum Gasteiger partial charge on any atom is 0.352 e. The Bertz CT molecular complexity index is 1120. The Kier molecular flexibility index (Phi) is 6.28. The van der Waals surface area contributed by atoms with Crippen LogP contribution in [-0.2, 0) is 17.3 Å². The summed E-state index contributed by atoms with van der Waals surface area (Å²) in [6, 6.07) is 7.57. The molecule has 31 heavy (non-hydrogen) atoms. The minimum atomic E-state index is -4.28. The predicted molar refractivity (Wildman–Crippen MR) is 101 cm³/mol. The van der Waals surface area contributed by atoms with E-state index in [2.05, 4.69) is 10.3 Å². The molecule has 0 spiro atoms. The van der Waals surface area contributed by atoms with Gasteiger partial charge < -0.3 is 10.6 Å². The topological polar surface area (TPSA) is 71.1 Å². The van der Waals surface area contributed by atoms with E-state index in [1.165, 1.54) is 24.5 Å². The number of hydrogen-bond acceptors (Lipinski definition) is 3. The largest absolute Gasteiger partial charge is 0.352 e. The van der Waals surface area contributed by atoms with Gasteiger partial charge in [0.15, 0.2) is 11.6 Å². The van der Waals surface area contributed by atoms with Gasteiger partial charge in [0.1, 0.15) is 5.82 Å². The summed E-state index contributed by atoms with van der Waals surface area (Å²) in [7, 11) is 0. The fourth-order valence-corrected chi connectivity index (χ4v) is 2.60. The van der Waals surface area contributed by atoms with Crippen molar-refractivity contribution < 1.29 is 31.5 Å². The molecule has 3 aromatic rings. The molecule has 0 bridgehead atoms. The average Bonchev–Trinajstić information content (AvgIpc) is 2.75. The molecule has 0 atom stereocenters. The molecule has 5 nitrogen and oxygen atoms in total. The number of carbonyl (C=O) groups is 2. The zero-order valence-electron chi connectivity index (χ0n) is 15.6. The highest BCUT2D eigenvalue weighted by atomic mass is 19.3. The summed E-state index contributed by atoms with van der Waals surface area (Å²) in [4.78, 5) is 28.0. The summed E-state index contributed by atoms with van der Waals surface area (Å²) in [5.74, 6) is -10.8. The number of benzene rings is 2. The van der Waals surface area contributed by atoms with Gasteiger partial charge in [0.05, 0.1) is 5.56 Å². The van der Waals surface area contributed by atoms with Crippen molar-refractivity contribution in [3.63, 3.8) is 0 Å². The zero-order chi connectivity index (χ0) is 22.6. The van der Waals surface area contributed by atoms with Crippen LogP contribution >= 0.6 is 0 Å².